The van der Waals surface area contributed by atoms with Crippen molar-refractivity contribution in [1.82, 2.24) is 4.98 Å². The van der Waals surface area contributed by atoms with Gasteiger partial charge in [-0.2, -0.15) is 0 Å². The van der Waals surface area contributed by atoms with Crippen LogP contribution < -0.4 is 11.1 Å². The summed E-state index contributed by atoms with van der Waals surface area (Å²) in [6, 6.07) is 11.7. The molecule has 5 heteroatoms. The monoisotopic (exact) mass is 301 g/mol. The molecule has 1 aromatic heterocycles. The van der Waals surface area contributed by atoms with Crippen molar-refractivity contribution < 1.29 is 4.39 Å². The highest BCUT2D eigenvalue weighted by atomic mass is 35.5. The second-order valence-electron chi connectivity index (χ2n) is 4.87. The molecule has 0 aliphatic heterocycles. The van der Waals surface area contributed by atoms with Crippen molar-refractivity contribution in [1.29, 1.82) is 0 Å². The van der Waals surface area contributed by atoms with E-state index in [1.54, 1.807) is 12.1 Å². The van der Waals surface area contributed by atoms with Crippen LogP contribution in [0.3, 0.4) is 0 Å². The van der Waals surface area contributed by atoms with Gasteiger partial charge >= 0.3 is 0 Å². The van der Waals surface area contributed by atoms with Crippen LogP contribution in [0, 0.1) is 12.7 Å². The third kappa shape index (κ3) is 2.90. The average Bonchev–Trinajstić information content (AvgIpc) is 2.38. The summed E-state index contributed by atoms with van der Waals surface area (Å²) < 4.78 is 13.4. The van der Waals surface area contributed by atoms with Crippen molar-refractivity contribution in [3.8, 4) is 0 Å². The van der Waals surface area contributed by atoms with Gasteiger partial charge < -0.3 is 11.1 Å². The molecule has 3 rings (SSSR count). The first kappa shape index (κ1) is 13.6. The van der Waals surface area contributed by atoms with Crippen LogP contribution in [0.15, 0.2) is 42.5 Å². The maximum absolute atomic E-state index is 13.4. The summed E-state index contributed by atoms with van der Waals surface area (Å²) in [6.07, 6.45) is 0. The Labute approximate surface area is 126 Å². The molecule has 2 aromatic carbocycles. The summed E-state index contributed by atoms with van der Waals surface area (Å²) in [5.74, 6) is -0.389. The number of aryl methyl sites for hydroxylation is 1. The molecule has 3 nitrogen and oxygen atoms in total. The number of aromatic nitrogens is 1. The van der Waals surface area contributed by atoms with Gasteiger partial charge in [-0.1, -0.05) is 11.6 Å². The summed E-state index contributed by atoms with van der Waals surface area (Å²) in [7, 11) is 0. The van der Waals surface area contributed by atoms with E-state index in [-0.39, 0.29) is 5.82 Å². The molecule has 0 aliphatic carbocycles. The van der Waals surface area contributed by atoms with E-state index < -0.39 is 0 Å². The van der Waals surface area contributed by atoms with E-state index in [2.05, 4.69) is 10.3 Å². The Morgan fingerprint density at radius 2 is 1.95 bits per heavy atom. The van der Waals surface area contributed by atoms with Gasteiger partial charge in [0, 0.05) is 33.2 Å². The Balaban J connectivity index is 2.13. The number of nitrogens with zero attached hydrogens (tertiary/aromatic N) is 1. The number of pyridine rings is 1. The lowest BCUT2D eigenvalue weighted by Gasteiger charge is -2.12. The summed E-state index contributed by atoms with van der Waals surface area (Å²) in [5, 5.41) is 4.39. The lowest BCUT2D eigenvalue weighted by molar-refractivity contribution is 0.628. The summed E-state index contributed by atoms with van der Waals surface area (Å²) in [4.78, 5) is 4.46. The minimum atomic E-state index is -0.389. The summed E-state index contributed by atoms with van der Waals surface area (Å²) in [6.45, 7) is 1.90. The molecule has 0 spiro atoms. The lowest BCUT2D eigenvalue weighted by Crippen LogP contribution is -1.96. The molecule has 0 bridgehead atoms. The van der Waals surface area contributed by atoms with E-state index in [0.717, 1.165) is 22.3 Å². The van der Waals surface area contributed by atoms with Crippen molar-refractivity contribution in [2.75, 3.05) is 11.1 Å². The molecule has 0 saturated carbocycles. The van der Waals surface area contributed by atoms with Crippen molar-refractivity contribution in [3.05, 3.63) is 59.0 Å². The predicted octanol–water partition coefficient (Wildman–Crippen LogP) is 4.66. The fourth-order valence-electron chi connectivity index (χ4n) is 2.26. The number of rotatable bonds is 2. The number of nitrogen functional groups attached to an aromatic ring is 1. The average molecular weight is 302 g/mol. The smallest absolute Gasteiger partial charge is 0.126 e. The van der Waals surface area contributed by atoms with Crippen LogP contribution >= 0.6 is 11.6 Å². The van der Waals surface area contributed by atoms with Crippen molar-refractivity contribution in [2.24, 2.45) is 0 Å². The van der Waals surface area contributed by atoms with Gasteiger partial charge in [0.05, 0.1) is 5.52 Å². The molecule has 0 unspecified atom stereocenters. The van der Waals surface area contributed by atoms with E-state index in [9.17, 15) is 4.39 Å². The predicted molar refractivity (Wildman–Crippen MR) is 85.6 cm³/mol. The first-order valence-electron chi connectivity index (χ1n) is 6.41. The number of nitrogens with two attached hydrogens (primary N) is 1. The number of nitrogens with one attached hydrogen (secondary N) is 1. The normalized spacial score (nSPS) is 10.8. The number of benzene rings is 2. The molecule has 0 fully saturated rings. The molecular formula is C16H13ClFN3. The van der Waals surface area contributed by atoms with Crippen LogP contribution in [0.4, 0.5) is 21.5 Å². The van der Waals surface area contributed by atoms with Gasteiger partial charge in [-0.3, -0.25) is 4.98 Å². The number of hydrogen-bond donors (Lipinski definition) is 2. The molecular weight excluding hydrogens is 289 g/mol. The van der Waals surface area contributed by atoms with Gasteiger partial charge in [0.15, 0.2) is 0 Å². The minimum Gasteiger partial charge on any atom is -0.399 e. The molecule has 3 aromatic rings. The molecule has 1 heterocycles. The van der Waals surface area contributed by atoms with Crippen LogP contribution in [-0.4, -0.2) is 4.98 Å². The fraction of sp³-hybridized carbons (Fsp3) is 0.0625. The summed E-state index contributed by atoms with van der Waals surface area (Å²) in [5.41, 5.74) is 9.56. The molecule has 0 saturated heterocycles. The van der Waals surface area contributed by atoms with Crippen LogP contribution in [0.2, 0.25) is 5.02 Å². The van der Waals surface area contributed by atoms with Crippen LogP contribution in [-0.2, 0) is 0 Å². The Bertz CT molecular complexity index is 813. The third-order valence-electron chi connectivity index (χ3n) is 3.10. The van der Waals surface area contributed by atoms with Gasteiger partial charge in [0.2, 0.25) is 0 Å². The van der Waals surface area contributed by atoms with Crippen molar-refractivity contribution in [3.63, 3.8) is 0 Å². The van der Waals surface area contributed by atoms with Gasteiger partial charge in [0.1, 0.15) is 5.82 Å². The molecule has 0 radical (unpaired) electrons. The SMILES string of the molecule is Cc1cc(Nc2cc(F)cc(Cl)c2)c2cc(N)ccc2n1. The van der Waals surface area contributed by atoms with Crippen LogP contribution in [0.5, 0.6) is 0 Å². The third-order valence-corrected chi connectivity index (χ3v) is 3.32. The van der Waals surface area contributed by atoms with Crippen LogP contribution in [0.1, 0.15) is 5.69 Å². The zero-order valence-electron chi connectivity index (χ0n) is 11.3. The fourth-order valence-corrected chi connectivity index (χ4v) is 2.48. The largest absolute Gasteiger partial charge is 0.399 e. The number of fused-ring (bicyclic) bond motifs is 1. The maximum atomic E-state index is 13.4. The first-order valence-corrected chi connectivity index (χ1v) is 6.79. The highest BCUT2D eigenvalue weighted by Gasteiger charge is 2.06. The van der Waals surface area contributed by atoms with E-state index in [4.69, 9.17) is 17.3 Å². The molecule has 0 atom stereocenters. The highest BCUT2D eigenvalue weighted by molar-refractivity contribution is 6.30. The van der Waals surface area contributed by atoms with Crippen LogP contribution in [0.25, 0.3) is 10.9 Å². The molecule has 0 aliphatic rings. The van der Waals surface area contributed by atoms with E-state index in [1.165, 1.54) is 12.1 Å². The molecule has 3 N–H and O–H groups in total. The minimum absolute atomic E-state index is 0.340. The van der Waals surface area contributed by atoms with Gasteiger partial charge in [-0.05, 0) is 49.4 Å². The second kappa shape index (κ2) is 5.22. The summed E-state index contributed by atoms with van der Waals surface area (Å²) >= 11 is 5.88. The Morgan fingerprint density at radius 1 is 1.14 bits per heavy atom. The second-order valence-corrected chi connectivity index (χ2v) is 5.31. The molecule has 106 valence electrons. The first-order chi connectivity index (χ1) is 10.0. The lowest BCUT2D eigenvalue weighted by atomic mass is 10.1. The highest BCUT2D eigenvalue weighted by Crippen LogP contribution is 2.29. The van der Waals surface area contributed by atoms with Crippen molar-refractivity contribution in [2.45, 2.75) is 6.92 Å². The standard InChI is InChI=1S/C16H13ClFN3/c1-9-4-16(14-8-12(19)2-3-15(14)20-9)21-13-6-10(17)5-11(18)7-13/h2-8H,19H2,1H3,(H,20,21). The molecule has 21 heavy (non-hydrogen) atoms. The maximum Gasteiger partial charge on any atom is 0.126 e. The van der Waals surface area contributed by atoms with Gasteiger partial charge in [-0.25, -0.2) is 4.39 Å². The topological polar surface area (TPSA) is 50.9 Å². The number of anilines is 3. The Hall–Kier alpha value is -2.33. The number of hydrogen-bond acceptors (Lipinski definition) is 3. The Kier molecular flexibility index (Phi) is 3.39. The zero-order chi connectivity index (χ0) is 15.0. The van der Waals surface area contributed by atoms with E-state index >= 15 is 0 Å². The van der Waals surface area contributed by atoms with E-state index in [0.29, 0.717) is 16.4 Å². The van der Waals surface area contributed by atoms with Gasteiger partial charge in [0.25, 0.3) is 0 Å². The Morgan fingerprint density at radius 3 is 2.71 bits per heavy atom. The van der Waals surface area contributed by atoms with Gasteiger partial charge in [-0.15, -0.1) is 0 Å². The quantitative estimate of drug-likeness (QED) is 0.677. The zero-order valence-corrected chi connectivity index (χ0v) is 12.1. The number of halogens is 2. The van der Waals surface area contributed by atoms with E-state index in [1.807, 2.05) is 25.1 Å². The van der Waals surface area contributed by atoms with Crippen molar-refractivity contribution >= 4 is 39.6 Å². The molecule has 0 amide bonds.